The van der Waals surface area contributed by atoms with Gasteiger partial charge in [-0.1, -0.05) is 34.1 Å². The van der Waals surface area contributed by atoms with Crippen LogP contribution in [0.3, 0.4) is 0 Å². The lowest BCUT2D eigenvalue weighted by Crippen LogP contribution is -2.62. The molecule has 4 nitrogen and oxygen atoms in total. The van der Waals surface area contributed by atoms with Gasteiger partial charge in [-0.15, -0.1) is 0 Å². The van der Waals surface area contributed by atoms with Crippen molar-refractivity contribution >= 4 is 5.97 Å². The van der Waals surface area contributed by atoms with E-state index in [4.69, 9.17) is 4.74 Å². The smallest absolute Gasteiger partial charge is 0.305 e. The number of rotatable bonds is 6. The minimum atomic E-state index is -0.225. The van der Waals surface area contributed by atoms with E-state index in [0.29, 0.717) is 47.8 Å². The lowest BCUT2D eigenvalue weighted by Gasteiger charge is -2.65. The number of methoxy groups -OCH3 is 1. The van der Waals surface area contributed by atoms with Crippen molar-refractivity contribution < 1.29 is 19.7 Å². The molecule has 4 fully saturated rings. The zero-order valence-electron chi connectivity index (χ0n) is 21.2. The average Bonchev–Trinajstić information content (AvgIpc) is 3.12. The molecule has 4 rings (SSSR count). The summed E-state index contributed by atoms with van der Waals surface area (Å²) in [5, 5.41) is 22.4. The molecular formula is C28H48O4. The average molecular weight is 449 g/mol. The van der Waals surface area contributed by atoms with Crippen molar-refractivity contribution in [1.82, 2.24) is 0 Å². The predicted molar refractivity (Wildman–Crippen MR) is 127 cm³/mol. The van der Waals surface area contributed by atoms with Crippen molar-refractivity contribution in [1.29, 1.82) is 0 Å². The van der Waals surface area contributed by atoms with Gasteiger partial charge in [0.2, 0.25) is 0 Å². The molecule has 2 N–H and O–H groups in total. The van der Waals surface area contributed by atoms with Gasteiger partial charge in [0, 0.05) is 6.42 Å². The molecule has 0 amide bonds. The lowest BCUT2D eigenvalue weighted by molar-refractivity contribution is -0.204. The van der Waals surface area contributed by atoms with E-state index in [1.165, 1.54) is 32.8 Å². The summed E-state index contributed by atoms with van der Waals surface area (Å²) in [7, 11) is 1.48. The van der Waals surface area contributed by atoms with E-state index in [1.807, 2.05) is 0 Å². The third kappa shape index (κ3) is 3.85. The van der Waals surface area contributed by atoms with Crippen LogP contribution in [-0.2, 0) is 9.53 Å². The number of ether oxygens (including phenoxy) is 1. The normalized spacial score (nSPS) is 49.0. The number of fused-ring (bicyclic) bond motifs is 5. The van der Waals surface area contributed by atoms with Gasteiger partial charge in [-0.25, -0.2) is 0 Å². The van der Waals surface area contributed by atoms with E-state index in [9.17, 15) is 15.0 Å². The molecule has 4 saturated carbocycles. The minimum absolute atomic E-state index is 0.0937. The fourth-order valence-electron chi connectivity index (χ4n) is 9.76. The summed E-state index contributed by atoms with van der Waals surface area (Å²) in [5.41, 5.74) is 0.532. The number of aliphatic hydroxyl groups is 2. The molecule has 184 valence electrons. The van der Waals surface area contributed by atoms with E-state index in [1.54, 1.807) is 0 Å². The molecule has 0 aromatic rings. The molecular weight excluding hydrogens is 400 g/mol. The van der Waals surface area contributed by atoms with Crippen LogP contribution in [0.1, 0.15) is 98.3 Å². The monoisotopic (exact) mass is 448 g/mol. The fraction of sp³-hybridized carbons (Fsp3) is 0.964. The standard InChI is InChI=1S/C28H48O4/c1-6-7-19-23-16-18(29)12-14-28(23,4)22-13-15-27(3)20(17(2)8-11-24(30)32-5)9-10-21(27)25(22)26(19)31/h17-23,25-26,29,31H,6-16H2,1-5H3/t17-,18-,19-,20-,21+,22+,23+,25+,26-,27-,28-/m1/s1. The van der Waals surface area contributed by atoms with Crippen molar-refractivity contribution in [2.45, 2.75) is 111 Å². The summed E-state index contributed by atoms with van der Waals surface area (Å²) in [6.45, 7) is 9.62. The van der Waals surface area contributed by atoms with Crippen molar-refractivity contribution in [2.24, 2.45) is 52.3 Å². The maximum atomic E-state index is 11.9. The van der Waals surface area contributed by atoms with Gasteiger partial charge in [0.05, 0.1) is 19.3 Å². The predicted octanol–water partition coefficient (Wildman–Crippen LogP) is 5.59. The van der Waals surface area contributed by atoms with Crippen LogP contribution in [0.5, 0.6) is 0 Å². The van der Waals surface area contributed by atoms with Crippen molar-refractivity contribution in [3.05, 3.63) is 0 Å². The summed E-state index contributed by atoms with van der Waals surface area (Å²) in [5.74, 6) is 3.43. The fourth-order valence-corrected chi connectivity index (χ4v) is 9.76. The summed E-state index contributed by atoms with van der Waals surface area (Å²) < 4.78 is 4.89. The van der Waals surface area contributed by atoms with Crippen LogP contribution in [0, 0.1) is 52.3 Å². The summed E-state index contributed by atoms with van der Waals surface area (Å²) in [6.07, 6.45) is 11.1. The lowest BCUT2D eigenvalue weighted by atomic mass is 9.41. The topological polar surface area (TPSA) is 66.8 Å². The van der Waals surface area contributed by atoms with Crippen LogP contribution in [0.15, 0.2) is 0 Å². The van der Waals surface area contributed by atoms with Crippen molar-refractivity contribution in [3.8, 4) is 0 Å². The van der Waals surface area contributed by atoms with Crippen LogP contribution in [0.25, 0.3) is 0 Å². The molecule has 4 aliphatic carbocycles. The van der Waals surface area contributed by atoms with Crippen LogP contribution < -0.4 is 0 Å². The van der Waals surface area contributed by atoms with Crippen LogP contribution >= 0.6 is 0 Å². The molecule has 0 aromatic heterocycles. The maximum Gasteiger partial charge on any atom is 0.305 e. The summed E-state index contributed by atoms with van der Waals surface area (Å²) in [4.78, 5) is 11.7. The molecule has 0 aromatic carbocycles. The Morgan fingerprint density at radius 2 is 1.72 bits per heavy atom. The zero-order chi connectivity index (χ0) is 23.3. The molecule has 0 unspecified atom stereocenters. The van der Waals surface area contributed by atoms with E-state index >= 15 is 0 Å². The first-order valence-electron chi connectivity index (χ1n) is 13.6. The molecule has 0 heterocycles. The molecule has 4 heteroatoms. The Hall–Kier alpha value is -0.610. The Labute approximate surface area is 195 Å². The third-order valence-corrected chi connectivity index (χ3v) is 11.3. The highest BCUT2D eigenvalue weighted by Crippen LogP contribution is 2.69. The van der Waals surface area contributed by atoms with Gasteiger partial charge >= 0.3 is 5.97 Å². The molecule has 4 aliphatic rings. The van der Waals surface area contributed by atoms with Gasteiger partial charge in [-0.3, -0.25) is 4.79 Å². The van der Waals surface area contributed by atoms with E-state index in [-0.39, 0.29) is 29.0 Å². The van der Waals surface area contributed by atoms with Crippen molar-refractivity contribution in [3.63, 3.8) is 0 Å². The Morgan fingerprint density at radius 3 is 2.41 bits per heavy atom. The van der Waals surface area contributed by atoms with Gasteiger partial charge in [0.25, 0.3) is 0 Å². The molecule has 0 aliphatic heterocycles. The van der Waals surface area contributed by atoms with Crippen LogP contribution in [0.2, 0.25) is 0 Å². The molecule has 0 radical (unpaired) electrons. The maximum absolute atomic E-state index is 11.9. The van der Waals surface area contributed by atoms with E-state index < -0.39 is 0 Å². The second-order valence-corrected chi connectivity index (χ2v) is 12.6. The van der Waals surface area contributed by atoms with Gasteiger partial charge in [0.15, 0.2) is 0 Å². The zero-order valence-corrected chi connectivity index (χ0v) is 21.2. The minimum Gasteiger partial charge on any atom is -0.469 e. The Balaban J connectivity index is 1.59. The molecule has 11 atom stereocenters. The second-order valence-electron chi connectivity index (χ2n) is 12.6. The highest BCUT2D eigenvalue weighted by Gasteiger charge is 2.64. The first-order chi connectivity index (χ1) is 15.2. The van der Waals surface area contributed by atoms with Gasteiger partial charge in [-0.2, -0.15) is 0 Å². The van der Waals surface area contributed by atoms with Gasteiger partial charge < -0.3 is 14.9 Å². The summed E-state index contributed by atoms with van der Waals surface area (Å²) >= 11 is 0. The number of carbonyl (C=O) groups excluding carboxylic acids is 1. The number of hydrogen-bond donors (Lipinski definition) is 2. The first-order valence-corrected chi connectivity index (χ1v) is 13.6. The highest BCUT2D eigenvalue weighted by atomic mass is 16.5. The number of carbonyl (C=O) groups is 1. The van der Waals surface area contributed by atoms with Crippen molar-refractivity contribution in [2.75, 3.05) is 7.11 Å². The first kappa shape index (κ1) is 24.5. The number of hydrogen-bond acceptors (Lipinski definition) is 4. The van der Waals surface area contributed by atoms with Gasteiger partial charge in [-0.05, 0) is 110 Å². The Morgan fingerprint density at radius 1 is 1.03 bits per heavy atom. The quantitative estimate of drug-likeness (QED) is 0.520. The Bertz CT molecular complexity index is 678. The largest absolute Gasteiger partial charge is 0.469 e. The number of esters is 1. The summed E-state index contributed by atoms with van der Waals surface area (Å²) in [6, 6.07) is 0. The highest BCUT2D eigenvalue weighted by molar-refractivity contribution is 5.69. The van der Waals surface area contributed by atoms with E-state index in [0.717, 1.165) is 38.5 Å². The van der Waals surface area contributed by atoms with Gasteiger partial charge in [0.1, 0.15) is 0 Å². The van der Waals surface area contributed by atoms with Crippen LogP contribution in [0.4, 0.5) is 0 Å². The van der Waals surface area contributed by atoms with E-state index in [2.05, 4.69) is 27.7 Å². The van der Waals surface area contributed by atoms with Crippen LogP contribution in [-0.4, -0.2) is 35.5 Å². The third-order valence-electron chi connectivity index (χ3n) is 11.3. The molecule has 0 bridgehead atoms. The number of aliphatic hydroxyl groups excluding tert-OH is 2. The SMILES string of the molecule is CCC[C@H]1[C@@H](O)[C@@H]2[C@H](CC[C@]3(C)[C@@H]([C@H](C)CCC(=O)OC)CC[C@@H]23)[C@@]2(C)CC[C@@H](O)C[C@@H]12. The molecule has 0 saturated heterocycles. The molecule has 32 heavy (non-hydrogen) atoms. The Kier molecular flexibility index (Phi) is 7.05. The second kappa shape index (κ2) is 9.21. The molecule has 0 spiro atoms.